The third kappa shape index (κ3) is 12.7. The Balaban J connectivity index is 0.00000296. The van der Waals surface area contributed by atoms with Crippen LogP contribution in [-0.4, -0.2) is 143 Å². The van der Waals surface area contributed by atoms with Gasteiger partial charge in [-0.1, -0.05) is 40.3 Å². The Morgan fingerprint density at radius 2 is 1.73 bits per heavy atom. The molecule has 408 valence electrons. The number of ether oxygens (including phenoxy) is 3. The zero-order chi connectivity index (χ0) is 50.2. The molecule has 7 heterocycles. The van der Waals surface area contributed by atoms with Crippen LogP contribution >= 0.6 is 65.3 Å². The number of hydrogen-bond acceptors (Lipinski definition) is 12. The summed E-state index contributed by atoms with van der Waals surface area (Å²) in [4.78, 5) is 84.9. The topological polar surface area (TPSA) is 181 Å². The van der Waals surface area contributed by atoms with Crippen LogP contribution in [0.2, 0.25) is 0 Å². The molecular formula is C52H77N9O8S5. The minimum Gasteiger partial charge on any atom is -0.492 e. The molecule has 3 aromatic heterocycles. The minimum atomic E-state index is -1.08. The van der Waals surface area contributed by atoms with Crippen molar-refractivity contribution in [3.8, 4) is 22.5 Å². The second-order valence-corrected chi connectivity index (χ2v) is 21.6. The van der Waals surface area contributed by atoms with Gasteiger partial charge in [0.2, 0.25) is 5.91 Å². The van der Waals surface area contributed by atoms with E-state index in [4.69, 9.17) is 24.2 Å². The third-order valence-electron chi connectivity index (χ3n) is 14.7. The Bertz CT molecular complexity index is 2660. The number of amides is 5. The zero-order valence-electron chi connectivity index (χ0n) is 44.1. The summed E-state index contributed by atoms with van der Waals surface area (Å²) in [5.41, 5.74) is 9.21. The van der Waals surface area contributed by atoms with Crippen molar-refractivity contribution >= 4 is 106 Å². The van der Waals surface area contributed by atoms with Gasteiger partial charge in [0.25, 0.3) is 11.8 Å². The van der Waals surface area contributed by atoms with Crippen LogP contribution in [0.15, 0.2) is 54.2 Å². The van der Waals surface area contributed by atoms with Gasteiger partial charge < -0.3 is 38.8 Å². The molecule has 22 heteroatoms. The quantitative estimate of drug-likeness (QED) is 0.0968. The van der Waals surface area contributed by atoms with Crippen molar-refractivity contribution in [1.82, 2.24) is 45.0 Å². The summed E-state index contributed by atoms with van der Waals surface area (Å²) in [5, 5.41) is 8.16. The van der Waals surface area contributed by atoms with Gasteiger partial charge in [-0.3, -0.25) is 29.2 Å². The number of urea groups is 1. The molecule has 0 unspecified atom stereocenters. The van der Waals surface area contributed by atoms with E-state index in [1.807, 2.05) is 32.2 Å². The fraction of sp³-hybridized carbons (Fsp3) is 0.558. The number of nitrogens with zero attached hydrogens (tertiary/aromatic N) is 7. The monoisotopic (exact) mass is 1120 g/mol. The maximum absolute atomic E-state index is 14.7. The van der Waals surface area contributed by atoms with E-state index in [1.54, 1.807) is 30.2 Å². The van der Waals surface area contributed by atoms with E-state index in [1.165, 1.54) is 28.4 Å². The first kappa shape index (κ1) is 62.1. The number of piperidine rings is 1. The van der Waals surface area contributed by atoms with Crippen molar-refractivity contribution in [2.75, 3.05) is 60.6 Å². The number of cyclic esters (lactones) is 1. The van der Waals surface area contributed by atoms with Crippen LogP contribution in [0.5, 0.6) is 0 Å². The molecule has 0 aliphatic carbocycles. The van der Waals surface area contributed by atoms with Crippen LogP contribution in [0.1, 0.15) is 89.6 Å². The fourth-order valence-corrected chi connectivity index (χ4v) is 11.6. The van der Waals surface area contributed by atoms with Gasteiger partial charge in [0.05, 0.1) is 41.9 Å². The van der Waals surface area contributed by atoms with Crippen molar-refractivity contribution in [2.24, 2.45) is 16.7 Å². The number of carbonyl (C=O) groups excluding carboxylic acids is 5. The number of likely N-dealkylation sites (tertiary alicyclic amines) is 2. The van der Waals surface area contributed by atoms with Gasteiger partial charge in [-0.2, -0.15) is 54.0 Å². The Labute approximate surface area is 467 Å². The maximum atomic E-state index is 14.7. The van der Waals surface area contributed by atoms with Gasteiger partial charge in [-0.05, 0) is 81.7 Å². The van der Waals surface area contributed by atoms with Crippen molar-refractivity contribution < 1.29 is 38.2 Å². The molecule has 4 aliphatic heterocycles. The molecule has 1 aromatic carbocycles. The molecule has 8 rings (SSSR count). The smallest absolute Gasteiger partial charge is 0.324 e. The van der Waals surface area contributed by atoms with Crippen LogP contribution in [0, 0.1) is 16.7 Å². The predicted molar refractivity (Wildman–Crippen MR) is 309 cm³/mol. The highest BCUT2D eigenvalue weighted by molar-refractivity contribution is 7.59. The van der Waals surface area contributed by atoms with Gasteiger partial charge in [-0.25, -0.2) is 15.2 Å². The normalized spacial score (nSPS) is 20.0. The van der Waals surface area contributed by atoms with Crippen molar-refractivity contribution in [3.63, 3.8) is 0 Å². The number of rotatable bonds is 10. The van der Waals surface area contributed by atoms with E-state index >= 15 is 0 Å². The summed E-state index contributed by atoms with van der Waals surface area (Å²) in [6.07, 6.45) is 4.63. The lowest BCUT2D eigenvalue weighted by atomic mass is 9.72. The van der Waals surface area contributed by atoms with Gasteiger partial charge in [-0.15, -0.1) is 11.3 Å². The Morgan fingerprint density at radius 1 is 1.03 bits per heavy atom. The summed E-state index contributed by atoms with van der Waals surface area (Å²) >= 11 is 1.41. The number of thiazole rings is 1. The number of likely N-dealkylation sites (N-methyl/N-ethyl adjacent to an activating group) is 1. The minimum absolute atomic E-state index is 0. The standard InChI is InChI=1S/C52H69N9O8S.4H2S/c1-11-60-41-17-16-34-24-36(41)37(45(60)35-14-12-20-53-43(35)32(4)67-9)26-51(6,7)30-69-49(65)38-15-13-21-61(56-38)48(64)39(25-42-54-40(34)27-70-42)55-46(62)44(31(2)3)57(8)50(66)58-22-18-52(19-23-58)28-59(29-52)47(63)33(5)68-10;;;;/h12,14,16-17,20,24,27,31-32,38-39,44,56H,5,11,13,15,18-19,21-23,25-26,28-30H2,1-4,6-10H3,(H,55,62);4*1H2/t32-,38-,39-,44-;;;;/m0..../s1. The van der Waals surface area contributed by atoms with E-state index in [2.05, 4.69) is 66.9 Å². The lowest BCUT2D eigenvalue weighted by molar-refractivity contribution is -0.155. The number of esters is 1. The number of hydrogen-bond donors (Lipinski definition) is 2. The van der Waals surface area contributed by atoms with Crippen LogP contribution in [0.3, 0.4) is 0 Å². The van der Waals surface area contributed by atoms with Crippen LogP contribution in [0.4, 0.5) is 4.79 Å². The van der Waals surface area contributed by atoms with Crippen molar-refractivity contribution in [3.05, 3.63) is 70.5 Å². The number of methoxy groups -OCH3 is 2. The fourth-order valence-electron chi connectivity index (χ4n) is 10.7. The largest absolute Gasteiger partial charge is 0.492 e. The molecule has 4 aromatic rings. The summed E-state index contributed by atoms with van der Waals surface area (Å²) in [5.74, 6) is -1.76. The van der Waals surface area contributed by atoms with Crippen molar-refractivity contribution in [2.45, 2.75) is 111 Å². The number of aromatic nitrogens is 3. The molecule has 0 radical (unpaired) electrons. The highest BCUT2D eigenvalue weighted by Gasteiger charge is 2.48. The van der Waals surface area contributed by atoms with E-state index in [9.17, 15) is 24.0 Å². The summed E-state index contributed by atoms with van der Waals surface area (Å²) in [7, 11) is 4.75. The lowest BCUT2D eigenvalue weighted by Gasteiger charge is -2.54. The Morgan fingerprint density at radius 3 is 2.38 bits per heavy atom. The molecule has 0 saturated carbocycles. The highest BCUT2D eigenvalue weighted by Crippen LogP contribution is 2.43. The number of pyridine rings is 1. The maximum Gasteiger partial charge on any atom is 0.324 e. The second-order valence-electron chi connectivity index (χ2n) is 20.6. The molecule has 6 bridgehead atoms. The van der Waals surface area contributed by atoms with Gasteiger partial charge in [0.1, 0.15) is 18.1 Å². The molecule has 4 aliphatic rings. The SMILES string of the molecule is C=C(OC)C(=O)N1CC2(CCN(C(=O)N(C)[C@H](C(=O)N[C@H]3Cc4nc(cs4)-c4ccc5c(c4)c(c(-c4cccnc4[C@H](C)OC)n5CC)CC(C)(C)COC(=O)[C@@H]4CCCN(N4)C3=O)C(C)C)CC2)C1.S.S.S.S. The van der Waals surface area contributed by atoms with E-state index < -0.39 is 41.3 Å². The average molecular weight is 1120 g/mol. The average Bonchev–Trinajstić information content (AvgIpc) is 3.94. The number of carbonyl (C=O) groups is 5. The Kier molecular flexibility index (Phi) is 21.5. The molecule has 2 N–H and O–H groups in total. The number of aryl methyl sites for hydroxylation is 1. The first-order valence-electron chi connectivity index (χ1n) is 24.5. The number of nitrogens with one attached hydrogen (secondary N) is 2. The lowest BCUT2D eigenvalue weighted by Crippen LogP contribution is -2.64. The molecule has 1 spiro atoms. The molecule has 74 heavy (non-hydrogen) atoms. The van der Waals surface area contributed by atoms with Gasteiger partial charge in [0.15, 0.2) is 5.76 Å². The van der Waals surface area contributed by atoms with E-state index in [-0.39, 0.29) is 102 Å². The van der Waals surface area contributed by atoms with E-state index in [0.717, 1.165) is 57.5 Å². The summed E-state index contributed by atoms with van der Waals surface area (Å²) in [6, 6.07) is 7.37. The summed E-state index contributed by atoms with van der Waals surface area (Å²) < 4.78 is 19.3. The van der Waals surface area contributed by atoms with Gasteiger partial charge in [0, 0.05) is 104 Å². The zero-order valence-corrected chi connectivity index (χ0v) is 48.9. The number of benzene rings is 1. The molecule has 3 fully saturated rings. The molecule has 4 atom stereocenters. The number of fused-ring (bicyclic) bond motifs is 6. The first-order valence-corrected chi connectivity index (χ1v) is 25.4. The number of hydrazine groups is 1. The Hall–Kier alpha value is -4.45. The van der Waals surface area contributed by atoms with E-state index in [0.29, 0.717) is 63.5 Å². The highest BCUT2D eigenvalue weighted by atomic mass is 32.1. The molecule has 3 saturated heterocycles. The van der Waals surface area contributed by atoms with Gasteiger partial charge >= 0.3 is 12.0 Å². The van der Waals surface area contributed by atoms with Crippen LogP contribution < -0.4 is 10.7 Å². The molecule has 17 nitrogen and oxygen atoms in total. The summed E-state index contributed by atoms with van der Waals surface area (Å²) in [6.45, 7) is 19.0. The first-order chi connectivity index (χ1) is 33.4. The molecular weight excluding hydrogens is 1040 g/mol. The van der Waals surface area contributed by atoms with Crippen LogP contribution in [-0.2, 0) is 52.8 Å². The van der Waals surface area contributed by atoms with Crippen molar-refractivity contribution in [1.29, 1.82) is 0 Å². The third-order valence-corrected chi connectivity index (χ3v) is 15.6. The second kappa shape index (κ2) is 25.6. The molecule has 5 amide bonds. The van der Waals surface area contributed by atoms with Crippen LogP contribution in [0.25, 0.3) is 33.4 Å². The predicted octanol–water partition coefficient (Wildman–Crippen LogP) is 6.81.